The zero-order valence-electron chi connectivity index (χ0n) is 9.01. The monoisotopic (exact) mass is 270 g/mol. The van der Waals surface area contributed by atoms with E-state index in [2.05, 4.69) is 19.9 Å². The number of aliphatic hydroxyl groups is 1. The smallest absolute Gasteiger partial charge is 0.225 e. The van der Waals surface area contributed by atoms with Crippen molar-refractivity contribution in [1.82, 2.24) is 15.0 Å². The number of aliphatic hydroxyl groups excluding tert-OH is 1. The summed E-state index contributed by atoms with van der Waals surface area (Å²) in [5.74, 6) is 0.748. The summed E-state index contributed by atoms with van der Waals surface area (Å²) in [6.45, 7) is 1.01. The number of thiazole rings is 1. The van der Waals surface area contributed by atoms with E-state index >= 15 is 0 Å². The van der Waals surface area contributed by atoms with Gasteiger partial charge in [0.2, 0.25) is 5.28 Å². The number of rotatable bonds is 2. The first kappa shape index (κ1) is 11.1. The molecule has 0 radical (unpaired) electrons. The Bertz CT molecular complexity index is 546. The lowest BCUT2D eigenvalue weighted by Crippen LogP contribution is -2.33. The maximum absolute atomic E-state index is 9.35. The van der Waals surface area contributed by atoms with Gasteiger partial charge in [-0.2, -0.15) is 4.98 Å². The Labute approximate surface area is 107 Å². The molecule has 1 N–H and O–H groups in total. The van der Waals surface area contributed by atoms with Crippen molar-refractivity contribution in [1.29, 1.82) is 0 Å². The third-order valence-corrected chi connectivity index (χ3v) is 3.90. The van der Waals surface area contributed by atoms with Gasteiger partial charge < -0.3 is 10.0 Å². The van der Waals surface area contributed by atoms with E-state index in [-0.39, 0.29) is 17.9 Å². The Morgan fingerprint density at radius 2 is 2.41 bits per heavy atom. The van der Waals surface area contributed by atoms with Crippen molar-refractivity contribution in [3.05, 3.63) is 10.8 Å². The van der Waals surface area contributed by atoms with Gasteiger partial charge in [0.1, 0.15) is 5.52 Å². The van der Waals surface area contributed by atoms with E-state index in [9.17, 15) is 5.11 Å². The average molecular weight is 271 g/mol. The van der Waals surface area contributed by atoms with Gasteiger partial charge in [-0.15, -0.1) is 11.3 Å². The Balaban J connectivity index is 2.12. The predicted octanol–water partition coefficient (Wildman–Crippen LogP) is 1.70. The van der Waals surface area contributed by atoms with Crippen LogP contribution in [0, 0.1) is 0 Å². The van der Waals surface area contributed by atoms with Crippen molar-refractivity contribution >= 4 is 39.1 Å². The third-order valence-electron chi connectivity index (χ3n) is 3.01. The van der Waals surface area contributed by atoms with Crippen LogP contribution >= 0.6 is 22.9 Å². The van der Waals surface area contributed by atoms with Crippen LogP contribution in [0.15, 0.2) is 5.51 Å². The van der Waals surface area contributed by atoms with Crippen LogP contribution in [0.25, 0.3) is 10.3 Å². The predicted molar refractivity (Wildman–Crippen MR) is 67.7 cm³/mol. The maximum atomic E-state index is 9.35. The van der Waals surface area contributed by atoms with E-state index in [0.29, 0.717) is 0 Å². The van der Waals surface area contributed by atoms with Gasteiger partial charge in [-0.3, -0.25) is 0 Å². The fourth-order valence-electron chi connectivity index (χ4n) is 2.23. The van der Waals surface area contributed by atoms with Crippen LogP contribution < -0.4 is 4.90 Å². The summed E-state index contributed by atoms with van der Waals surface area (Å²) in [6, 6.07) is 0.117. The second-order valence-electron chi connectivity index (χ2n) is 3.99. The SMILES string of the molecule is OCC1CCCN1c1nc(Cl)nc2scnc12. The highest BCUT2D eigenvalue weighted by Crippen LogP contribution is 2.31. The highest BCUT2D eigenvalue weighted by Gasteiger charge is 2.27. The quantitative estimate of drug-likeness (QED) is 0.842. The zero-order valence-corrected chi connectivity index (χ0v) is 10.6. The maximum Gasteiger partial charge on any atom is 0.225 e. The van der Waals surface area contributed by atoms with E-state index in [4.69, 9.17) is 11.6 Å². The van der Waals surface area contributed by atoms with Crippen molar-refractivity contribution in [2.24, 2.45) is 0 Å². The normalized spacial score (nSPS) is 20.4. The topological polar surface area (TPSA) is 62.1 Å². The van der Waals surface area contributed by atoms with Crippen molar-refractivity contribution < 1.29 is 5.11 Å². The largest absolute Gasteiger partial charge is 0.394 e. The molecule has 17 heavy (non-hydrogen) atoms. The average Bonchev–Trinajstić information content (AvgIpc) is 2.95. The lowest BCUT2D eigenvalue weighted by molar-refractivity contribution is 0.266. The van der Waals surface area contributed by atoms with Crippen LogP contribution in [0.2, 0.25) is 5.28 Å². The van der Waals surface area contributed by atoms with Crippen molar-refractivity contribution in [2.45, 2.75) is 18.9 Å². The number of hydrogen-bond donors (Lipinski definition) is 1. The lowest BCUT2D eigenvalue weighted by Gasteiger charge is -2.24. The van der Waals surface area contributed by atoms with Crippen molar-refractivity contribution in [3.8, 4) is 0 Å². The van der Waals surface area contributed by atoms with Crippen molar-refractivity contribution in [3.63, 3.8) is 0 Å². The molecule has 1 fully saturated rings. The molecule has 0 saturated carbocycles. The van der Waals surface area contributed by atoms with E-state index in [0.717, 1.165) is 35.6 Å². The molecule has 0 spiro atoms. The number of halogens is 1. The summed E-state index contributed by atoms with van der Waals surface area (Å²) in [5, 5.41) is 9.59. The van der Waals surface area contributed by atoms with Crippen molar-refractivity contribution in [2.75, 3.05) is 18.1 Å². The standard InChI is InChI=1S/C10H11ClN4OS/c11-10-13-8(7-9(14-10)17-5-12-7)15-3-1-2-6(15)4-16/h5-6,16H,1-4H2. The number of aromatic nitrogens is 3. The number of hydrogen-bond acceptors (Lipinski definition) is 6. The highest BCUT2D eigenvalue weighted by molar-refractivity contribution is 7.16. The van der Waals surface area contributed by atoms with Gasteiger partial charge in [-0.05, 0) is 24.4 Å². The number of anilines is 1. The Morgan fingerprint density at radius 3 is 3.24 bits per heavy atom. The molecule has 0 amide bonds. The molecule has 1 aliphatic heterocycles. The minimum atomic E-state index is 0.117. The van der Waals surface area contributed by atoms with E-state index in [1.807, 2.05) is 0 Å². The fourth-order valence-corrected chi connectivity index (χ4v) is 3.09. The Hall–Kier alpha value is -0.980. The molecule has 1 saturated heterocycles. The van der Waals surface area contributed by atoms with Gasteiger partial charge in [0.05, 0.1) is 18.2 Å². The molecule has 5 nitrogen and oxygen atoms in total. The molecule has 0 aliphatic carbocycles. The number of fused-ring (bicyclic) bond motifs is 1. The molecule has 1 unspecified atom stereocenters. The molecule has 1 aliphatic rings. The van der Waals surface area contributed by atoms with Gasteiger partial charge >= 0.3 is 0 Å². The summed E-state index contributed by atoms with van der Waals surface area (Å²) in [5.41, 5.74) is 2.52. The Morgan fingerprint density at radius 1 is 1.53 bits per heavy atom. The Kier molecular flexibility index (Phi) is 2.85. The lowest BCUT2D eigenvalue weighted by atomic mass is 10.2. The summed E-state index contributed by atoms with van der Waals surface area (Å²) in [7, 11) is 0. The fraction of sp³-hybridized carbons (Fsp3) is 0.500. The van der Waals surface area contributed by atoms with Crippen LogP contribution in [-0.2, 0) is 0 Å². The van der Waals surface area contributed by atoms with E-state index in [1.54, 1.807) is 5.51 Å². The first-order chi connectivity index (χ1) is 8.29. The van der Waals surface area contributed by atoms with Gasteiger partial charge in [0.15, 0.2) is 10.6 Å². The van der Waals surface area contributed by atoms with Crippen LogP contribution in [0.5, 0.6) is 0 Å². The zero-order chi connectivity index (χ0) is 11.8. The summed E-state index contributed by atoms with van der Waals surface area (Å²) >= 11 is 7.37. The highest BCUT2D eigenvalue weighted by atomic mass is 35.5. The molecule has 2 aromatic rings. The number of nitrogens with zero attached hydrogens (tertiary/aromatic N) is 4. The summed E-state index contributed by atoms with van der Waals surface area (Å²) in [6.07, 6.45) is 2.03. The minimum Gasteiger partial charge on any atom is -0.394 e. The van der Waals surface area contributed by atoms with Crippen LogP contribution in [0.1, 0.15) is 12.8 Å². The first-order valence-electron chi connectivity index (χ1n) is 5.44. The first-order valence-corrected chi connectivity index (χ1v) is 6.69. The minimum absolute atomic E-state index is 0.117. The molecule has 0 bridgehead atoms. The molecule has 90 valence electrons. The molecule has 0 aromatic carbocycles. The molecular weight excluding hydrogens is 260 g/mol. The molecule has 7 heteroatoms. The van der Waals surface area contributed by atoms with Crippen LogP contribution in [0.3, 0.4) is 0 Å². The molecule has 3 rings (SSSR count). The van der Waals surface area contributed by atoms with Gasteiger partial charge in [-0.1, -0.05) is 0 Å². The molecule has 3 heterocycles. The molecule has 1 atom stereocenters. The van der Waals surface area contributed by atoms with Gasteiger partial charge in [0.25, 0.3) is 0 Å². The third kappa shape index (κ3) is 1.86. The van der Waals surface area contributed by atoms with Crippen LogP contribution in [0.4, 0.5) is 5.82 Å². The second-order valence-corrected chi connectivity index (χ2v) is 5.17. The second kappa shape index (κ2) is 4.36. The van der Waals surface area contributed by atoms with E-state index < -0.39 is 0 Å². The van der Waals surface area contributed by atoms with Gasteiger partial charge in [-0.25, -0.2) is 9.97 Å². The summed E-state index contributed by atoms with van der Waals surface area (Å²) < 4.78 is 0. The van der Waals surface area contributed by atoms with Gasteiger partial charge in [0, 0.05) is 6.54 Å². The van der Waals surface area contributed by atoms with Crippen LogP contribution in [-0.4, -0.2) is 39.3 Å². The molecule has 2 aromatic heterocycles. The van der Waals surface area contributed by atoms with E-state index in [1.165, 1.54) is 11.3 Å². The summed E-state index contributed by atoms with van der Waals surface area (Å²) in [4.78, 5) is 15.6. The molecular formula is C10H11ClN4OS.